The van der Waals surface area contributed by atoms with E-state index in [9.17, 15) is 9.59 Å². The van der Waals surface area contributed by atoms with Gasteiger partial charge in [0.25, 0.3) is 0 Å². The molecule has 4 fully saturated rings. The van der Waals surface area contributed by atoms with Crippen LogP contribution in [0.5, 0.6) is 0 Å². The standard InChI is InChI=1S/C47H70N2O12/c1-7-52-36(50)28-34(38-40(54-30-32-22-16-14-17-23-32)42-44(56-38)60-46(3,4)58-42)48-26-20-12-10-9-11-13-21-27-49-35(29-37(51)53-8-2)39-41(55-31-33-24-18-15-19-25-33)43-45(57-39)61-47(5,6)59-43/h14-19,22-25,34-35,38-45,48-49H,7-13,20-21,26-31H2,1-6H3/t34-,35-,38?,39?,40-,41-,42+,43+,44+,45+/m0/s1. The van der Waals surface area contributed by atoms with Gasteiger partial charge in [-0.3, -0.25) is 9.59 Å². The number of esters is 2. The van der Waals surface area contributed by atoms with Crippen LogP contribution in [0.2, 0.25) is 0 Å². The number of rotatable bonds is 26. The predicted octanol–water partition coefficient (Wildman–Crippen LogP) is 6.46. The van der Waals surface area contributed by atoms with Gasteiger partial charge in [0.05, 0.1) is 39.3 Å². The molecule has 0 saturated carbocycles. The maximum absolute atomic E-state index is 12.8. The van der Waals surface area contributed by atoms with E-state index in [1.165, 1.54) is 0 Å². The lowest BCUT2D eigenvalue weighted by atomic mass is 9.99. The molecule has 0 aromatic heterocycles. The molecule has 0 aliphatic carbocycles. The lowest BCUT2D eigenvalue weighted by molar-refractivity contribution is -0.223. The Balaban J connectivity index is 0.936. The van der Waals surface area contributed by atoms with E-state index >= 15 is 0 Å². The lowest BCUT2D eigenvalue weighted by Gasteiger charge is -2.31. The topological polar surface area (TPSA) is 150 Å². The zero-order valence-corrected chi connectivity index (χ0v) is 37.1. The normalized spacial score (nSPS) is 28.3. The highest BCUT2D eigenvalue weighted by Crippen LogP contribution is 2.42. The van der Waals surface area contributed by atoms with Crippen molar-refractivity contribution in [2.45, 2.75) is 185 Å². The molecule has 4 saturated heterocycles. The molecule has 2 aromatic rings. The minimum atomic E-state index is -0.795. The first-order valence-electron chi connectivity index (χ1n) is 22.6. The summed E-state index contributed by atoms with van der Waals surface area (Å²) >= 11 is 0. The number of nitrogens with one attached hydrogen (secondary N) is 2. The lowest BCUT2D eigenvalue weighted by Crippen LogP contribution is -2.50. The number of hydrogen-bond donors (Lipinski definition) is 2. The van der Waals surface area contributed by atoms with E-state index in [1.807, 2.05) is 102 Å². The molecule has 4 aliphatic rings. The summed E-state index contributed by atoms with van der Waals surface area (Å²) in [4.78, 5) is 25.6. The van der Waals surface area contributed by atoms with Crippen molar-refractivity contribution in [2.24, 2.45) is 0 Å². The van der Waals surface area contributed by atoms with Crippen LogP contribution in [0.15, 0.2) is 60.7 Å². The van der Waals surface area contributed by atoms with Gasteiger partial charge >= 0.3 is 11.9 Å². The molecule has 14 heteroatoms. The van der Waals surface area contributed by atoms with Crippen LogP contribution in [0, 0.1) is 0 Å². The second kappa shape index (κ2) is 23.1. The molecule has 10 atom stereocenters. The second-order valence-electron chi connectivity index (χ2n) is 17.3. The molecule has 0 bridgehead atoms. The third-order valence-corrected chi connectivity index (χ3v) is 11.5. The summed E-state index contributed by atoms with van der Waals surface area (Å²) in [6.07, 6.45) is 3.79. The zero-order chi connectivity index (χ0) is 43.2. The number of fused-ring (bicyclic) bond motifs is 2. The fourth-order valence-electron chi connectivity index (χ4n) is 8.69. The molecule has 6 rings (SSSR count). The molecule has 0 radical (unpaired) electrons. The molecule has 4 heterocycles. The first kappa shape index (κ1) is 47.5. The van der Waals surface area contributed by atoms with E-state index in [4.69, 9.17) is 47.4 Å². The Labute approximate surface area is 362 Å². The highest BCUT2D eigenvalue weighted by Gasteiger charge is 2.58. The number of unbranched alkanes of at least 4 members (excludes halogenated alkanes) is 6. The van der Waals surface area contributed by atoms with Crippen LogP contribution in [-0.4, -0.2) is 111 Å². The molecule has 2 unspecified atom stereocenters. The Morgan fingerprint density at radius 1 is 0.574 bits per heavy atom. The van der Waals surface area contributed by atoms with Gasteiger partial charge in [-0.15, -0.1) is 0 Å². The van der Waals surface area contributed by atoms with Crippen molar-refractivity contribution in [3.8, 4) is 0 Å². The smallest absolute Gasteiger partial charge is 0.307 e. The van der Waals surface area contributed by atoms with Gasteiger partial charge in [-0.1, -0.05) is 92.8 Å². The molecule has 61 heavy (non-hydrogen) atoms. The van der Waals surface area contributed by atoms with Crippen molar-refractivity contribution in [3.63, 3.8) is 0 Å². The highest BCUT2D eigenvalue weighted by molar-refractivity contribution is 5.70. The maximum atomic E-state index is 12.8. The minimum Gasteiger partial charge on any atom is -0.466 e. The van der Waals surface area contributed by atoms with Gasteiger partial charge in [-0.05, 0) is 78.6 Å². The molecule has 2 N–H and O–H groups in total. The van der Waals surface area contributed by atoms with E-state index < -0.39 is 60.8 Å². The number of carbonyl (C=O) groups excluding carboxylic acids is 2. The average Bonchev–Trinajstić information content (AvgIpc) is 3.92. The summed E-state index contributed by atoms with van der Waals surface area (Å²) in [7, 11) is 0. The summed E-state index contributed by atoms with van der Waals surface area (Å²) in [5.74, 6) is -2.16. The first-order chi connectivity index (χ1) is 29.4. The summed E-state index contributed by atoms with van der Waals surface area (Å²) in [6.45, 7) is 13.9. The monoisotopic (exact) mass is 854 g/mol. The van der Waals surface area contributed by atoms with E-state index in [0.29, 0.717) is 26.4 Å². The molecule has 4 aliphatic heterocycles. The fourth-order valence-corrected chi connectivity index (χ4v) is 8.69. The molecule has 14 nitrogen and oxygen atoms in total. The van der Waals surface area contributed by atoms with E-state index in [1.54, 1.807) is 0 Å². The Kier molecular flexibility index (Phi) is 17.9. The molecule has 0 amide bonds. The SMILES string of the molecule is CCOC(=O)C[C@H](NCCCCCCCCCN[C@@H](CC(=O)OCC)C1O[C@@H]2OC(C)(C)O[C@@H]2[C@H]1OCc1ccccc1)C1O[C@@H]2OC(C)(C)O[C@@H]2[C@H]1OCc1ccccc1. The minimum absolute atomic E-state index is 0.149. The van der Waals surface area contributed by atoms with Gasteiger partial charge in [0.2, 0.25) is 0 Å². The van der Waals surface area contributed by atoms with Crippen LogP contribution >= 0.6 is 0 Å². The van der Waals surface area contributed by atoms with Crippen LogP contribution in [0.1, 0.15) is 110 Å². The van der Waals surface area contributed by atoms with Gasteiger partial charge in [0, 0.05) is 12.1 Å². The summed E-state index contributed by atoms with van der Waals surface area (Å²) in [5.41, 5.74) is 2.09. The largest absolute Gasteiger partial charge is 0.466 e. The van der Waals surface area contributed by atoms with Crippen molar-refractivity contribution in [1.29, 1.82) is 0 Å². The van der Waals surface area contributed by atoms with Crippen LogP contribution in [0.4, 0.5) is 0 Å². The quantitative estimate of drug-likeness (QED) is 0.0787. The van der Waals surface area contributed by atoms with E-state index in [0.717, 1.165) is 69.2 Å². The molecular formula is C47H70N2O12. The Bertz CT molecular complexity index is 1500. The van der Waals surface area contributed by atoms with Crippen molar-refractivity contribution in [3.05, 3.63) is 71.8 Å². The average molecular weight is 855 g/mol. The van der Waals surface area contributed by atoms with Gasteiger partial charge in [-0.25, -0.2) is 0 Å². The van der Waals surface area contributed by atoms with Crippen LogP contribution in [0.25, 0.3) is 0 Å². The molecule has 340 valence electrons. The van der Waals surface area contributed by atoms with Gasteiger partial charge < -0.3 is 58.0 Å². The number of ether oxygens (including phenoxy) is 10. The molecular weight excluding hydrogens is 785 g/mol. The van der Waals surface area contributed by atoms with Crippen molar-refractivity contribution in [2.75, 3.05) is 26.3 Å². The second-order valence-corrected chi connectivity index (χ2v) is 17.3. The fraction of sp³-hybridized carbons (Fsp3) is 0.702. The third kappa shape index (κ3) is 14.0. The van der Waals surface area contributed by atoms with E-state index in [2.05, 4.69) is 10.6 Å². The van der Waals surface area contributed by atoms with Crippen LogP contribution < -0.4 is 10.6 Å². The van der Waals surface area contributed by atoms with Crippen molar-refractivity contribution >= 4 is 11.9 Å². The Hall–Kier alpha value is -3.02. The first-order valence-corrected chi connectivity index (χ1v) is 22.6. The molecule has 2 aromatic carbocycles. The number of benzene rings is 2. The van der Waals surface area contributed by atoms with Gasteiger partial charge in [0.15, 0.2) is 24.2 Å². The summed E-state index contributed by atoms with van der Waals surface area (Å²) in [6, 6.07) is 19.3. The third-order valence-electron chi connectivity index (χ3n) is 11.5. The van der Waals surface area contributed by atoms with Gasteiger partial charge in [-0.2, -0.15) is 0 Å². The number of carbonyl (C=O) groups is 2. The Morgan fingerprint density at radius 2 is 0.951 bits per heavy atom. The van der Waals surface area contributed by atoms with Gasteiger partial charge in [0.1, 0.15) is 36.6 Å². The zero-order valence-electron chi connectivity index (χ0n) is 37.1. The van der Waals surface area contributed by atoms with Crippen LogP contribution in [0.3, 0.4) is 0 Å². The van der Waals surface area contributed by atoms with E-state index in [-0.39, 0.29) is 36.9 Å². The number of hydrogen-bond acceptors (Lipinski definition) is 14. The molecule has 0 spiro atoms. The highest BCUT2D eigenvalue weighted by atomic mass is 16.9. The summed E-state index contributed by atoms with van der Waals surface area (Å²) < 4.78 is 61.2. The predicted molar refractivity (Wildman–Crippen MR) is 226 cm³/mol. The van der Waals surface area contributed by atoms with Crippen molar-refractivity contribution in [1.82, 2.24) is 10.6 Å². The van der Waals surface area contributed by atoms with Crippen LogP contribution in [-0.2, 0) is 70.2 Å². The maximum Gasteiger partial charge on any atom is 0.307 e. The summed E-state index contributed by atoms with van der Waals surface area (Å²) in [5, 5.41) is 7.21. The Morgan fingerprint density at radius 3 is 1.33 bits per heavy atom. The van der Waals surface area contributed by atoms with Crippen molar-refractivity contribution < 1.29 is 57.0 Å².